The fourth-order valence-corrected chi connectivity index (χ4v) is 3.42. The summed E-state index contributed by atoms with van der Waals surface area (Å²) in [6.07, 6.45) is 0. The first kappa shape index (κ1) is 12.2. The molecule has 2 aliphatic heterocycles. The molecular weight excluding hydrogens is 292 g/mol. The first-order chi connectivity index (χ1) is 10.1. The van der Waals surface area contributed by atoms with Crippen LogP contribution in [0.3, 0.4) is 0 Å². The van der Waals surface area contributed by atoms with E-state index in [2.05, 4.69) is 9.71 Å². The van der Waals surface area contributed by atoms with Gasteiger partial charge >= 0.3 is 0 Å². The Kier molecular flexibility index (Phi) is 2.46. The van der Waals surface area contributed by atoms with E-state index in [1.165, 1.54) is 6.07 Å². The highest BCUT2D eigenvalue weighted by molar-refractivity contribution is 7.90. The molecular formula is C14H10N2O4S. The Balaban J connectivity index is 1.83. The number of rotatable bonds is 1. The highest BCUT2D eigenvalue weighted by atomic mass is 32.2. The second-order valence-electron chi connectivity index (χ2n) is 4.60. The Bertz CT molecular complexity index is 874. The number of benzene rings is 2. The van der Waals surface area contributed by atoms with E-state index in [-0.39, 0.29) is 17.5 Å². The SMILES string of the molecule is O=S1(=O)N=C(c2ccc3c(c2)OCO3)Nc2ccccc21. The third-order valence-corrected chi connectivity index (χ3v) is 4.61. The van der Waals surface area contributed by atoms with E-state index in [0.29, 0.717) is 22.7 Å². The fraction of sp³-hybridized carbons (Fsp3) is 0.0714. The lowest BCUT2D eigenvalue weighted by molar-refractivity contribution is 0.174. The molecule has 0 spiro atoms. The highest BCUT2D eigenvalue weighted by Crippen LogP contribution is 2.34. The van der Waals surface area contributed by atoms with Crippen LogP contribution < -0.4 is 14.8 Å². The number of amidine groups is 1. The summed E-state index contributed by atoms with van der Waals surface area (Å²) < 4.78 is 38.8. The molecule has 0 unspecified atom stereocenters. The van der Waals surface area contributed by atoms with Crippen molar-refractivity contribution in [3.8, 4) is 11.5 Å². The van der Waals surface area contributed by atoms with E-state index in [9.17, 15) is 8.42 Å². The molecule has 2 heterocycles. The maximum absolute atomic E-state index is 12.2. The van der Waals surface area contributed by atoms with Crippen LogP contribution >= 0.6 is 0 Å². The van der Waals surface area contributed by atoms with Crippen molar-refractivity contribution in [3.63, 3.8) is 0 Å². The van der Waals surface area contributed by atoms with Crippen molar-refractivity contribution < 1.29 is 17.9 Å². The van der Waals surface area contributed by atoms with Gasteiger partial charge in [0.2, 0.25) is 6.79 Å². The minimum Gasteiger partial charge on any atom is -0.454 e. The highest BCUT2D eigenvalue weighted by Gasteiger charge is 2.26. The van der Waals surface area contributed by atoms with Crippen LogP contribution in [0.15, 0.2) is 51.8 Å². The van der Waals surface area contributed by atoms with Crippen LogP contribution in [0.1, 0.15) is 5.56 Å². The van der Waals surface area contributed by atoms with Gasteiger partial charge in [0.1, 0.15) is 4.90 Å². The van der Waals surface area contributed by atoms with Gasteiger partial charge in [-0.25, -0.2) is 0 Å². The van der Waals surface area contributed by atoms with E-state index >= 15 is 0 Å². The molecule has 0 bridgehead atoms. The topological polar surface area (TPSA) is 77.0 Å². The summed E-state index contributed by atoms with van der Waals surface area (Å²) in [6, 6.07) is 11.8. The molecule has 2 aromatic rings. The lowest BCUT2D eigenvalue weighted by atomic mass is 10.1. The molecule has 106 valence electrons. The van der Waals surface area contributed by atoms with Gasteiger partial charge in [0, 0.05) is 5.56 Å². The Labute approximate surface area is 121 Å². The normalized spacial score (nSPS) is 17.6. The third-order valence-electron chi connectivity index (χ3n) is 3.28. The number of anilines is 1. The Hall–Kier alpha value is -2.54. The van der Waals surface area contributed by atoms with E-state index in [1.54, 1.807) is 36.4 Å². The molecule has 1 N–H and O–H groups in total. The monoisotopic (exact) mass is 302 g/mol. The van der Waals surface area contributed by atoms with Gasteiger partial charge < -0.3 is 14.8 Å². The number of hydrogen-bond acceptors (Lipinski definition) is 5. The lowest BCUT2D eigenvalue weighted by Gasteiger charge is -2.18. The largest absolute Gasteiger partial charge is 0.454 e. The first-order valence-corrected chi connectivity index (χ1v) is 7.68. The summed E-state index contributed by atoms with van der Waals surface area (Å²) >= 11 is 0. The zero-order chi connectivity index (χ0) is 14.4. The Morgan fingerprint density at radius 2 is 1.86 bits per heavy atom. The second kappa shape index (κ2) is 4.23. The molecule has 0 amide bonds. The number of sulfonamides is 1. The molecule has 7 heteroatoms. The Morgan fingerprint density at radius 3 is 2.76 bits per heavy atom. The first-order valence-electron chi connectivity index (χ1n) is 6.24. The van der Waals surface area contributed by atoms with E-state index < -0.39 is 10.0 Å². The van der Waals surface area contributed by atoms with Gasteiger partial charge in [0.15, 0.2) is 17.3 Å². The van der Waals surface area contributed by atoms with E-state index in [0.717, 1.165) is 0 Å². The summed E-state index contributed by atoms with van der Waals surface area (Å²) in [5.74, 6) is 1.48. The lowest BCUT2D eigenvalue weighted by Crippen LogP contribution is -2.22. The maximum atomic E-state index is 12.2. The van der Waals surface area contributed by atoms with Gasteiger partial charge in [-0.2, -0.15) is 8.42 Å². The molecule has 0 aromatic heterocycles. The van der Waals surface area contributed by atoms with Gasteiger partial charge in [-0.1, -0.05) is 12.1 Å². The van der Waals surface area contributed by atoms with Gasteiger partial charge in [0.05, 0.1) is 5.69 Å². The summed E-state index contributed by atoms with van der Waals surface area (Å²) in [4.78, 5) is 0.175. The molecule has 0 atom stereocenters. The van der Waals surface area contributed by atoms with Crippen molar-refractivity contribution in [1.29, 1.82) is 0 Å². The average molecular weight is 302 g/mol. The predicted octanol–water partition coefficient (Wildman–Crippen LogP) is 1.98. The van der Waals surface area contributed by atoms with Crippen LogP contribution in [0.2, 0.25) is 0 Å². The van der Waals surface area contributed by atoms with Gasteiger partial charge in [-0.05, 0) is 30.3 Å². The Morgan fingerprint density at radius 1 is 1.05 bits per heavy atom. The smallest absolute Gasteiger partial charge is 0.286 e. The molecule has 21 heavy (non-hydrogen) atoms. The standard InChI is InChI=1S/C14H10N2O4S/c17-21(18)13-4-2-1-3-10(13)15-14(16-21)9-5-6-11-12(7-9)20-8-19-11/h1-7H,8H2,(H,15,16). The zero-order valence-corrected chi connectivity index (χ0v) is 11.6. The molecule has 0 fully saturated rings. The summed E-state index contributed by atoms with van der Waals surface area (Å²) in [7, 11) is -3.70. The van der Waals surface area contributed by atoms with Crippen LogP contribution in [0.4, 0.5) is 5.69 Å². The van der Waals surface area contributed by atoms with Crippen molar-refractivity contribution in [3.05, 3.63) is 48.0 Å². The van der Waals surface area contributed by atoms with Crippen LogP contribution in [0.5, 0.6) is 11.5 Å². The molecule has 0 radical (unpaired) electrons. The van der Waals surface area contributed by atoms with Crippen LogP contribution in [0.25, 0.3) is 0 Å². The summed E-state index contributed by atoms with van der Waals surface area (Å²) in [5, 5.41) is 3.03. The van der Waals surface area contributed by atoms with Crippen molar-refractivity contribution in [2.45, 2.75) is 4.90 Å². The number of hydrogen-bond donors (Lipinski definition) is 1. The number of nitrogens with zero attached hydrogens (tertiary/aromatic N) is 1. The van der Waals surface area contributed by atoms with Gasteiger partial charge in [-0.15, -0.1) is 4.40 Å². The van der Waals surface area contributed by atoms with Crippen LogP contribution in [0, 0.1) is 0 Å². The van der Waals surface area contributed by atoms with Crippen molar-refractivity contribution in [2.24, 2.45) is 4.40 Å². The molecule has 2 aliphatic rings. The number of para-hydroxylation sites is 1. The van der Waals surface area contributed by atoms with Crippen molar-refractivity contribution >= 4 is 21.5 Å². The molecule has 6 nitrogen and oxygen atoms in total. The molecule has 0 saturated heterocycles. The maximum Gasteiger partial charge on any atom is 0.286 e. The quantitative estimate of drug-likeness (QED) is 0.871. The number of ether oxygens (including phenoxy) is 2. The van der Waals surface area contributed by atoms with Gasteiger partial charge in [0.25, 0.3) is 10.0 Å². The molecule has 0 aliphatic carbocycles. The number of nitrogens with one attached hydrogen (secondary N) is 1. The van der Waals surface area contributed by atoms with E-state index in [4.69, 9.17) is 9.47 Å². The predicted molar refractivity (Wildman–Crippen MR) is 76.4 cm³/mol. The van der Waals surface area contributed by atoms with Crippen LogP contribution in [-0.4, -0.2) is 21.0 Å². The second-order valence-corrected chi connectivity index (χ2v) is 6.18. The minimum absolute atomic E-state index is 0.166. The van der Waals surface area contributed by atoms with Crippen molar-refractivity contribution in [2.75, 3.05) is 12.1 Å². The third kappa shape index (κ3) is 1.93. The van der Waals surface area contributed by atoms with Crippen LogP contribution in [-0.2, 0) is 10.0 Å². The average Bonchev–Trinajstić information content (AvgIpc) is 2.94. The fourth-order valence-electron chi connectivity index (χ4n) is 2.28. The van der Waals surface area contributed by atoms with Crippen molar-refractivity contribution in [1.82, 2.24) is 0 Å². The zero-order valence-electron chi connectivity index (χ0n) is 10.7. The number of fused-ring (bicyclic) bond motifs is 2. The molecule has 4 rings (SSSR count). The summed E-state index contributed by atoms with van der Waals surface area (Å²) in [6.45, 7) is 0.166. The van der Waals surface area contributed by atoms with E-state index in [1.807, 2.05) is 0 Å². The summed E-state index contributed by atoms with van der Waals surface area (Å²) in [5.41, 5.74) is 1.14. The minimum atomic E-state index is -3.70. The molecule has 0 saturated carbocycles. The van der Waals surface area contributed by atoms with Gasteiger partial charge in [-0.3, -0.25) is 0 Å². The molecule has 2 aromatic carbocycles.